The minimum Gasteiger partial charge on any atom is -0.493 e. The molecule has 0 saturated carbocycles. The van der Waals surface area contributed by atoms with Gasteiger partial charge in [-0.15, -0.1) is 0 Å². The van der Waals surface area contributed by atoms with Gasteiger partial charge in [0.15, 0.2) is 11.5 Å². The molecule has 0 fully saturated rings. The Labute approximate surface area is 252 Å². The number of fused-ring (bicyclic) bond motifs is 5. The van der Waals surface area contributed by atoms with Gasteiger partial charge in [0.2, 0.25) is 17.6 Å². The van der Waals surface area contributed by atoms with Gasteiger partial charge < -0.3 is 34.7 Å². The van der Waals surface area contributed by atoms with Crippen molar-refractivity contribution in [1.29, 1.82) is 0 Å². The summed E-state index contributed by atoms with van der Waals surface area (Å²) in [7, 11) is 1.55. The quantitative estimate of drug-likeness (QED) is 0.286. The van der Waals surface area contributed by atoms with Crippen LogP contribution in [0.5, 0.6) is 11.5 Å². The molecule has 3 amide bonds. The molecule has 0 spiro atoms. The molecule has 1 atom stereocenters. The smallest absolute Gasteiger partial charge is 0.290 e. The van der Waals surface area contributed by atoms with Crippen LogP contribution in [0.2, 0.25) is 0 Å². The van der Waals surface area contributed by atoms with Gasteiger partial charge in [0.05, 0.1) is 13.7 Å². The molecule has 4 heterocycles. The van der Waals surface area contributed by atoms with Crippen molar-refractivity contribution in [3.63, 3.8) is 0 Å². The molecule has 0 radical (unpaired) electrons. The molecule has 1 aliphatic rings. The average molecular weight is 607 g/mol. The summed E-state index contributed by atoms with van der Waals surface area (Å²) in [4.78, 5) is 62.5. The number of amides is 3. The first kappa shape index (κ1) is 31.5. The molecule has 232 valence electrons. The van der Waals surface area contributed by atoms with Crippen LogP contribution in [0.3, 0.4) is 0 Å². The second kappa shape index (κ2) is 14.6. The van der Waals surface area contributed by atoms with E-state index in [4.69, 9.17) is 19.4 Å². The van der Waals surface area contributed by atoms with E-state index in [9.17, 15) is 14.4 Å². The lowest BCUT2D eigenvalue weighted by Gasteiger charge is -2.25. The molecule has 0 saturated heterocycles. The highest BCUT2D eigenvalue weighted by Crippen LogP contribution is 2.32. The van der Waals surface area contributed by atoms with E-state index in [2.05, 4.69) is 25.6 Å². The Kier molecular flexibility index (Phi) is 10.5. The summed E-state index contributed by atoms with van der Waals surface area (Å²) in [5.74, 6) is 0.593. The van der Waals surface area contributed by atoms with Crippen molar-refractivity contribution in [1.82, 2.24) is 39.5 Å². The van der Waals surface area contributed by atoms with Gasteiger partial charge in [-0.25, -0.2) is 15.0 Å². The Bertz CT molecular complexity index is 1580. The molecule has 1 aromatic carbocycles. The van der Waals surface area contributed by atoms with Gasteiger partial charge in [-0.05, 0) is 30.2 Å². The van der Waals surface area contributed by atoms with E-state index >= 15 is 0 Å². The number of carbonyl (C=O) groups is 4. The summed E-state index contributed by atoms with van der Waals surface area (Å²) in [5.41, 5.74) is 0.926. The van der Waals surface area contributed by atoms with Crippen molar-refractivity contribution in [3.05, 3.63) is 60.9 Å². The predicted molar refractivity (Wildman–Crippen MR) is 157 cm³/mol. The van der Waals surface area contributed by atoms with Crippen LogP contribution in [0.15, 0.2) is 55.2 Å². The van der Waals surface area contributed by atoms with Crippen LogP contribution >= 0.6 is 0 Å². The lowest BCUT2D eigenvalue weighted by molar-refractivity contribution is -0.130. The van der Waals surface area contributed by atoms with Crippen LogP contribution in [0.25, 0.3) is 17.2 Å². The van der Waals surface area contributed by atoms with Gasteiger partial charge in [0, 0.05) is 49.6 Å². The highest BCUT2D eigenvalue weighted by atomic mass is 16.5. The zero-order valence-corrected chi connectivity index (χ0v) is 24.5. The van der Waals surface area contributed by atoms with Gasteiger partial charge in [-0.1, -0.05) is 13.8 Å². The van der Waals surface area contributed by atoms with Crippen molar-refractivity contribution >= 4 is 30.0 Å². The standard InChI is InChI=1S/C28H32N8O5.CH2O2/c1-18(2)24-26(38)30-9-12-34-11-8-29-25(34)19-5-6-21(40-3)22(15-19)41-14-13-35(17-23(37)33-24)27(39)20-16-36-10-4-7-31-28(36)32-20;2-1-3/h4-8,10-11,15-16,18,24H,9,12-14,17H2,1-3H3,(H,30,38)(H,33,37);1H,(H,2,3)/t24-;/m1./s1. The van der Waals surface area contributed by atoms with Crippen LogP contribution in [-0.4, -0.2) is 97.5 Å². The third-order valence-electron chi connectivity index (χ3n) is 6.75. The van der Waals surface area contributed by atoms with Crippen LogP contribution < -0.4 is 20.1 Å². The minimum atomic E-state index is -0.785. The first-order valence-electron chi connectivity index (χ1n) is 13.8. The first-order valence-corrected chi connectivity index (χ1v) is 13.8. The molecule has 15 nitrogen and oxygen atoms in total. The number of nitrogens with zero attached hydrogens (tertiary/aromatic N) is 6. The maximum absolute atomic E-state index is 13.6. The fourth-order valence-electron chi connectivity index (χ4n) is 4.63. The number of imidazole rings is 2. The third kappa shape index (κ3) is 7.48. The first-order chi connectivity index (χ1) is 21.2. The number of benzene rings is 1. The lowest BCUT2D eigenvalue weighted by Crippen LogP contribution is -2.53. The number of methoxy groups -OCH3 is 1. The molecule has 1 aliphatic heterocycles. The SMILES string of the molecule is COc1ccc2cc1OCCN(C(=O)c1cn3cccnc3n1)CC(=O)N[C@H](C(C)C)C(=O)NCCn1ccnc1-2.O=CO. The Hall–Kier alpha value is -5.47. The van der Waals surface area contributed by atoms with Gasteiger partial charge in [-0.3, -0.25) is 23.6 Å². The Morgan fingerprint density at radius 2 is 1.98 bits per heavy atom. The number of aromatic nitrogens is 5. The van der Waals surface area contributed by atoms with Crippen molar-refractivity contribution in [2.45, 2.75) is 26.4 Å². The van der Waals surface area contributed by atoms with E-state index in [1.54, 1.807) is 48.4 Å². The molecule has 3 N–H and O–H groups in total. The van der Waals surface area contributed by atoms with Crippen molar-refractivity contribution in [2.75, 3.05) is 33.4 Å². The number of hydrogen-bond acceptors (Lipinski definition) is 9. The maximum Gasteiger partial charge on any atom is 0.290 e. The summed E-state index contributed by atoms with van der Waals surface area (Å²) >= 11 is 0. The molecule has 3 aromatic heterocycles. The fourth-order valence-corrected chi connectivity index (χ4v) is 4.63. The molecule has 2 bridgehead atoms. The molecular formula is C29H34N8O7. The second-order valence-corrected chi connectivity index (χ2v) is 10.0. The summed E-state index contributed by atoms with van der Waals surface area (Å²) in [6.07, 6.45) is 8.40. The molecule has 4 aromatic rings. The molecule has 15 heteroatoms. The van der Waals surface area contributed by atoms with Crippen molar-refractivity contribution < 1.29 is 33.8 Å². The minimum absolute atomic E-state index is 0.0625. The monoisotopic (exact) mass is 606 g/mol. The Morgan fingerprint density at radius 1 is 1.18 bits per heavy atom. The van der Waals surface area contributed by atoms with Crippen molar-refractivity contribution in [3.8, 4) is 22.9 Å². The van der Waals surface area contributed by atoms with E-state index in [1.807, 2.05) is 36.7 Å². The number of rotatable bonds is 3. The number of ether oxygens (including phenoxy) is 2. The maximum atomic E-state index is 13.6. The summed E-state index contributed by atoms with van der Waals surface area (Å²) in [6, 6.07) is 6.42. The number of carbonyl (C=O) groups excluding carboxylic acids is 3. The topological polar surface area (TPSA) is 182 Å². The van der Waals surface area contributed by atoms with Crippen LogP contribution in [0, 0.1) is 5.92 Å². The van der Waals surface area contributed by atoms with E-state index in [0.717, 1.165) is 5.56 Å². The highest BCUT2D eigenvalue weighted by molar-refractivity contribution is 5.96. The number of carboxylic acid groups (broad SMARTS) is 1. The molecule has 0 aliphatic carbocycles. The summed E-state index contributed by atoms with van der Waals surface area (Å²) < 4.78 is 15.1. The normalized spacial score (nSPS) is 16.0. The molecule has 5 rings (SSSR count). The van der Waals surface area contributed by atoms with E-state index in [1.165, 1.54) is 4.90 Å². The lowest BCUT2D eigenvalue weighted by atomic mass is 10.0. The average Bonchev–Trinajstić information content (AvgIpc) is 3.66. The largest absolute Gasteiger partial charge is 0.493 e. The van der Waals surface area contributed by atoms with Gasteiger partial charge in [-0.2, -0.15) is 0 Å². The van der Waals surface area contributed by atoms with Gasteiger partial charge in [0.25, 0.3) is 12.4 Å². The summed E-state index contributed by atoms with van der Waals surface area (Å²) in [5, 5.41) is 12.6. The van der Waals surface area contributed by atoms with Crippen LogP contribution in [0.4, 0.5) is 0 Å². The molecule has 0 unspecified atom stereocenters. The molecular weight excluding hydrogens is 572 g/mol. The summed E-state index contributed by atoms with van der Waals surface area (Å²) in [6.45, 7) is 4.07. The second-order valence-electron chi connectivity index (χ2n) is 10.0. The Balaban J connectivity index is 0.00000141. The fraction of sp³-hybridized carbons (Fsp3) is 0.345. The van der Waals surface area contributed by atoms with Gasteiger partial charge >= 0.3 is 0 Å². The Morgan fingerprint density at radius 3 is 2.70 bits per heavy atom. The third-order valence-corrected chi connectivity index (χ3v) is 6.75. The van der Waals surface area contributed by atoms with Crippen LogP contribution in [-0.2, 0) is 20.9 Å². The van der Waals surface area contributed by atoms with E-state index in [0.29, 0.717) is 36.2 Å². The van der Waals surface area contributed by atoms with Crippen LogP contribution in [0.1, 0.15) is 24.3 Å². The highest BCUT2D eigenvalue weighted by Gasteiger charge is 2.27. The van der Waals surface area contributed by atoms with Crippen molar-refractivity contribution in [2.24, 2.45) is 5.92 Å². The zero-order chi connectivity index (χ0) is 31.6. The van der Waals surface area contributed by atoms with E-state index in [-0.39, 0.29) is 43.7 Å². The van der Waals surface area contributed by atoms with E-state index < -0.39 is 17.9 Å². The zero-order valence-electron chi connectivity index (χ0n) is 24.5. The number of nitrogens with one attached hydrogen (secondary N) is 2. The molecule has 44 heavy (non-hydrogen) atoms. The van der Waals surface area contributed by atoms with Gasteiger partial charge in [0.1, 0.15) is 30.7 Å². The number of hydrogen-bond donors (Lipinski definition) is 3. The predicted octanol–water partition coefficient (Wildman–Crippen LogP) is 1.09.